The Morgan fingerprint density at radius 2 is 1.82 bits per heavy atom. The molecule has 0 radical (unpaired) electrons. The van der Waals surface area contributed by atoms with Crippen LogP contribution >= 0.6 is 0 Å². The maximum absolute atomic E-state index is 14.5. The molecule has 1 saturated heterocycles. The number of imidazole rings is 1. The molecule has 0 unspecified atom stereocenters. The topological polar surface area (TPSA) is 90.2 Å². The summed E-state index contributed by atoms with van der Waals surface area (Å²) in [6, 6.07) is 4.09. The third kappa shape index (κ3) is 3.39. The largest absolute Gasteiger partial charge is 0.493 e. The summed E-state index contributed by atoms with van der Waals surface area (Å²) >= 11 is 0. The maximum Gasteiger partial charge on any atom is 0.417 e. The number of alkyl halides is 3. The summed E-state index contributed by atoms with van der Waals surface area (Å²) in [6.07, 6.45) is -6.32. The number of H-pyrrole nitrogens is 1. The van der Waals surface area contributed by atoms with E-state index in [9.17, 15) is 31.1 Å². The van der Waals surface area contributed by atoms with Crippen molar-refractivity contribution in [3.8, 4) is 5.75 Å². The fraction of sp³-hybridized carbons (Fsp3) is 0.364. The Labute approximate surface area is 189 Å². The molecule has 1 aromatic heterocycles. The molecule has 3 aromatic rings. The van der Waals surface area contributed by atoms with Crippen LogP contribution in [0.5, 0.6) is 5.75 Å². The lowest BCUT2D eigenvalue weighted by Crippen LogP contribution is -2.46. The van der Waals surface area contributed by atoms with E-state index in [0.29, 0.717) is 0 Å². The van der Waals surface area contributed by atoms with Crippen molar-refractivity contribution in [3.05, 3.63) is 58.7 Å². The molecule has 12 heteroatoms. The molecule has 0 bridgehead atoms. The van der Waals surface area contributed by atoms with Gasteiger partial charge in [-0.15, -0.1) is 0 Å². The Morgan fingerprint density at radius 1 is 1.18 bits per heavy atom. The number of hydrogen-bond acceptors (Lipinski definition) is 4. The van der Waals surface area contributed by atoms with Gasteiger partial charge in [-0.1, -0.05) is 13.0 Å². The normalized spacial score (nSPS) is 25.1. The highest BCUT2D eigenvalue weighted by molar-refractivity contribution is 6.04. The van der Waals surface area contributed by atoms with Crippen LogP contribution in [0.3, 0.4) is 0 Å². The number of carbonyl (C=O) groups is 1. The molecular formula is C22H19F6N3O3. The van der Waals surface area contributed by atoms with E-state index in [1.165, 1.54) is 13.0 Å². The SMILES string of the molecule is COc1c([C@H]2[C@H](c3nc4c(C(N)=O)c(F)ccc4[nH]3)O[C@@](C)(C(F)(F)F)[C@H]2C)ccc(F)c1F. The van der Waals surface area contributed by atoms with E-state index in [1.54, 1.807) is 0 Å². The molecule has 34 heavy (non-hydrogen) atoms. The molecule has 1 aliphatic rings. The Hall–Kier alpha value is -3.28. The molecule has 2 heterocycles. The Morgan fingerprint density at radius 3 is 2.41 bits per heavy atom. The van der Waals surface area contributed by atoms with Crippen LogP contribution in [0.2, 0.25) is 0 Å². The standard InChI is InChI=1S/C22H19F6N3O3/c1-8-13(9-4-5-11(24)15(25)17(9)33-3)18(34-21(8,2)22(26,27)28)20-30-12-7-6-10(23)14(19(29)32)16(12)31-20/h4-8,13,18H,1-3H3,(H2,29,32)(H,30,31)/t8-,13-,18+,21+/m0/s1. The fourth-order valence-electron chi connectivity index (χ4n) is 4.49. The van der Waals surface area contributed by atoms with Crippen molar-refractivity contribution in [2.45, 2.75) is 37.6 Å². The third-order valence-electron chi connectivity index (χ3n) is 6.45. The van der Waals surface area contributed by atoms with Crippen molar-refractivity contribution in [1.29, 1.82) is 0 Å². The number of primary amides is 1. The van der Waals surface area contributed by atoms with Gasteiger partial charge in [0.2, 0.25) is 5.82 Å². The average Bonchev–Trinajstić information content (AvgIpc) is 3.29. The van der Waals surface area contributed by atoms with Gasteiger partial charge in [0.05, 0.1) is 12.6 Å². The summed E-state index contributed by atoms with van der Waals surface area (Å²) in [7, 11) is 1.06. The molecule has 0 saturated carbocycles. The van der Waals surface area contributed by atoms with E-state index in [0.717, 1.165) is 32.2 Å². The Bertz CT molecular complexity index is 1290. The van der Waals surface area contributed by atoms with Crippen LogP contribution in [0.1, 0.15) is 47.6 Å². The summed E-state index contributed by atoms with van der Waals surface area (Å²) in [5.41, 5.74) is 1.83. The molecule has 3 N–H and O–H groups in total. The van der Waals surface area contributed by atoms with Crippen LogP contribution in [-0.2, 0) is 4.74 Å². The minimum Gasteiger partial charge on any atom is -0.493 e. The first-order valence-corrected chi connectivity index (χ1v) is 10.1. The summed E-state index contributed by atoms with van der Waals surface area (Å²) in [5, 5.41) is 0. The molecule has 1 fully saturated rings. The molecular weight excluding hydrogens is 468 g/mol. The first-order chi connectivity index (χ1) is 15.8. The molecule has 2 aromatic carbocycles. The van der Waals surface area contributed by atoms with E-state index in [-0.39, 0.29) is 22.4 Å². The van der Waals surface area contributed by atoms with Gasteiger partial charge in [-0.3, -0.25) is 4.79 Å². The predicted molar refractivity (Wildman–Crippen MR) is 108 cm³/mol. The van der Waals surface area contributed by atoms with Gasteiger partial charge in [0.25, 0.3) is 5.91 Å². The van der Waals surface area contributed by atoms with Crippen molar-refractivity contribution in [3.63, 3.8) is 0 Å². The van der Waals surface area contributed by atoms with E-state index in [1.807, 2.05) is 0 Å². The summed E-state index contributed by atoms with van der Waals surface area (Å²) < 4.78 is 95.3. The number of nitrogens with zero attached hydrogens (tertiary/aromatic N) is 1. The Kier molecular flexibility index (Phi) is 5.54. The van der Waals surface area contributed by atoms with Crippen molar-refractivity contribution < 1.29 is 40.6 Å². The number of fused-ring (bicyclic) bond motifs is 1. The van der Waals surface area contributed by atoms with Gasteiger partial charge in [0.15, 0.2) is 17.2 Å². The van der Waals surface area contributed by atoms with Crippen molar-refractivity contribution in [1.82, 2.24) is 9.97 Å². The van der Waals surface area contributed by atoms with Crippen molar-refractivity contribution >= 4 is 16.9 Å². The second-order valence-corrected chi connectivity index (χ2v) is 8.25. The minimum absolute atomic E-state index is 0.0753. The van der Waals surface area contributed by atoms with Crippen molar-refractivity contribution in [2.24, 2.45) is 11.7 Å². The first-order valence-electron chi connectivity index (χ1n) is 10.1. The maximum atomic E-state index is 14.5. The number of methoxy groups -OCH3 is 1. The zero-order chi connectivity index (χ0) is 25.2. The number of aromatic amines is 1. The van der Waals surface area contributed by atoms with Crippen LogP contribution in [0.25, 0.3) is 11.0 Å². The number of ether oxygens (including phenoxy) is 2. The average molecular weight is 487 g/mol. The van der Waals surface area contributed by atoms with Gasteiger partial charge in [-0.25, -0.2) is 13.8 Å². The number of nitrogens with one attached hydrogen (secondary N) is 1. The molecule has 1 aliphatic heterocycles. The minimum atomic E-state index is -4.85. The van der Waals surface area contributed by atoms with Gasteiger partial charge < -0.3 is 20.2 Å². The fourth-order valence-corrected chi connectivity index (χ4v) is 4.49. The third-order valence-corrected chi connectivity index (χ3v) is 6.45. The molecule has 4 rings (SSSR count). The summed E-state index contributed by atoms with van der Waals surface area (Å²) in [5.74, 6) is -7.99. The van der Waals surface area contributed by atoms with Gasteiger partial charge in [-0.05, 0) is 25.1 Å². The van der Waals surface area contributed by atoms with Crippen LogP contribution < -0.4 is 10.5 Å². The predicted octanol–water partition coefficient (Wildman–Crippen LogP) is 4.90. The second-order valence-electron chi connectivity index (χ2n) is 8.25. The number of halogens is 6. The van der Waals surface area contributed by atoms with Gasteiger partial charge in [0, 0.05) is 17.4 Å². The quantitative estimate of drug-likeness (QED) is 0.513. The number of hydrogen-bond donors (Lipinski definition) is 2. The number of rotatable bonds is 4. The highest BCUT2D eigenvalue weighted by Gasteiger charge is 2.65. The smallest absolute Gasteiger partial charge is 0.417 e. The monoisotopic (exact) mass is 487 g/mol. The number of nitrogens with two attached hydrogens (primary N) is 1. The zero-order valence-electron chi connectivity index (χ0n) is 18.1. The lowest BCUT2D eigenvalue weighted by atomic mass is 9.77. The van der Waals surface area contributed by atoms with Gasteiger partial charge in [0.1, 0.15) is 28.8 Å². The molecule has 4 atom stereocenters. The second kappa shape index (κ2) is 7.90. The Balaban J connectivity index is 1.96. The highest BCUT2D eigenvalue weighted by Crippen LogP contribution is 2.59. The summed E-state index contributed by atoms with van der Waals surface area (Å²) in [6.45, 7) is 2.10. The van der Waals surface area contributed by atoms with Gasteiger partial charge >= 0.3 is 6.18 Å². The molecule has 6 nitrogen and oxygen atoms in total. The van der Waals surface area contributed by atoms with Gasteiger partial charge in [-0.2, -0.15) is 17.6 Å². The summed E-state index contributed by atoms with van der Waals surface area (Å²) in [4.78, 5) is 18.6. The van der Waals surface area contributed by atoms with E-state index < -0.39 is 64.4 Å². The van der Waals surface area contributed by atoms with Crippen LogP contribution in [-0.4, -0.2) is 34.8 Å². The van der Waals surface area contributed by atoms with E-state index >= 15 is 0 Å². The highest BCUT2D eigenvalue weighted by atomic mass is 19.4. The van der Waals surface area contributed by atoms with Crippen LogP contribution in [0.15, 0.2) is 24.3 Å². The van der Waals surface area contributed by atoms with Crippen molar-refractivity contribution in [2.75, 3.05) is 7.11 Å². The molecule has 0 spiro atoms. The number of amides is 1. The van der Waals surface area contributed by atoms with E-state index in [4.69, 9.17) is 15.2 Å². The lowest BCUT2D eigenvalue weighted by molar-refractivity contribution is -0.275. The van der Waals surface area contributed by atoms with E-state index in [2.05, 4.69) is 9.97 Å². The molecule has 1 amide bonds. The number of benzene rings is 2. The zero-order valence-corrected chi connectivity index (χ0v) is 18.1. The van der Waals surface area contributed by atoms with Crippen LogP contribution in [0.4, 0.5) is 26.3 Å². The molecule has 0 aliphatic carbocycles. The number of carbonyl (C=O) groups excluding carboxylic acids is 1. The number of aromatic nitrogens is 2. The van der Waals surface area contributed by atoms with Crippen LogP contribution in [0, 0.1) is 23.4 Å². The lowest BCUT2D eigenvalue weighted by Gasteiger charge is -2.32. The molecule has 182 valence electrons. The first kappa shape index (κ1) is 23.9.